The summed E-state index contributed by atoms with van der Waals surface area (Å²) in [5.74, 6) is -0.172. The van der Waals surface area contributed by atoms with Gasteiger partial charge in [0.1, 0.15) is 5.69 Å². The third-order valence-electron chi connectivity index (χ3n) is 5.99. The minimum atomic E-state index is -0.551. The van der Waals surface area contributed by atoms with Gasteiger partial charge in [0.2, 0.25) is 0 Å². The Kier molecular flexibility index (Phi) is 3.39. The van der Waals surface area contributed by atoms with Crippen molar-refractivity contribution in [2.75, 3.05) is 20.2 Å². The summed E-state index contributed by atoms with van der Waals surface area (Å²) in [5.41, 5.74) is -0.0806. The largest absolute Gasteiger partial charge is 0.469 e. The Morgan fingerprint density at radius 1 is 1.24 bits per heavy atom. The van der Waals surface area contributed by atoms with Crippen LogP contribution in [0.2, 0.25) is 0 Å². The number of fused-ring (bicyclic) bond motifs is 2. The number of pyridine rings is 1. The van der Waals surface area contributed by atoms with Crippen LogP contribution < -0.4 is 0 Å². The molecule has 2 atom stereocenters. The van der Waals surface area contributed by atoms with E-state index in [1.807, 2.05) is 30.3 Å². The zero-order chi connectivity index (χ0) is 17.8. The average molecular weight is 338 g/mol. The Labute approximate surface area is 147 Å². The lowest BCUT2D eigenvalue weighted by atomic mass is 9.48. The number of ether oxygens (including phenoxy) is 1. The highest BCUT2D eigenvalue weighted by Crippen LogP contribution is 2.63. The van der Waals surface area contributed by atoms with Crippen molar-refractivity contribution in [1.29, 1.82) is 0 Å². The van der Waals surface area contributed by atoms with Gasteiger partial charge in [-0.05, 0) is 29.2 Å². The lowest BCUT2D eigenvalue weighted by Gasteiger charge is -2.54. The van der Waals surface area contributed by atoms with E-state index in [2.05, 4.69) is 18.8 Å². The molecular formula is C20H22N2O3. The molecule has 0 N–H and O–H groups in total. The fourth-order valence-corrected chi connectivity index (χ4v) is 4.89. The Bertz CT molecular complexity index is 876. The number of methoxy groups -OCH3 is 1. The second-order valence-corrected chi connectivity index (χ2v) is 7.97. The maximum atomic E-state index is 13.0. The van der Waals surface area contributed by atoms with Crippen LogP contribution in [0.3, 0.4) is 0 Å². The smallest absolute Gasteiger partial charge is 0.314 e. The summed E-state index contributed by atoms with van der Waals surface area (Å²) in [6.07, 6.45) is 2.49. The maximum Gasteiger partial charge on any atom is 0.314 e. The number of carbonyl (C=O) groups excluding carboxylic acids is 2. The minimum Gasteiger partial charge on any atom is -0.469 e. The molecule has 1 aromatic carbocycles. The third-order valence-corrected chi connectivity index (χ3v) is 5.99. The van der Waals surface area contributed by atoms with Crippen LogP contribution in [-0.4, -0.2) is 42.0 Å². The SMILES string of the molecule is COC(=O)[C@@]12CN(C(=O)c3cc4ccccc4cn3)C[C@@H]1C(C)(C)C2. The summed E-state index contributed by atoms with van der Waals surface area (Å²) in [4.78, 5) is 31.5. The summed E-state index contributed by atoms with van der Waals surface area (Å²) in [6.45, 7) is 5.30. The van der Waals surface area contributed by atoms with Crippen molar-refractivity contribution in [2.24, 2.45) is 16.7 Å². The molecule has 0 radical (unpaired) electrons. The topological polar surface area (TPSA) is 59.5 Å². The van der Waals surface area contributed by atoms with Crippen LogP contribution in [0.5, 0.6) is 0 Å². The molecule has 1 aromatic heterocycles. The predicted molar refractivity (Wildman–Crippen MR) is 94.0 cm³/mol. The molecule has 2 aliphatic rings. The van der Waals surface area contributed by atoms with E-state index in [1.54, 1.807) is 11.1 Å². The number of hydrogen-bond donors (Lipinski definition) is 0. The number of aromatic nitrogens is 1. The van der Waals surface area contributed by atoms with Gasteiger partial charge in [-0.15, -0.1) is 0 Å². The van der Waals surface area contributed by atoms with Crippen LogP contribution in [0.15, 0.2) is 36.5 Å². The van der Waals surface area contributed by atoms with Gasteiger partial charge in [0.15, 0.2) is 0 Å². The Morgan fingerprint density at radius 2 is 1.96 bits per heavy atom. The number of carbonyl (C=O) groups is 2. The molecule has 0 unspecified atom stereocenters. The zero-order valence-electron chi connectivity index (χ0n) is 14.8. The molecule has 1 amide bonds. The van der Waals surface area contributed by atoms with Gasteiger partial charge in [-0.25, -0.2) is 0 Å². The van der Waals surface area contributed by atoms with Crippen molar-refractivity contribution in [3.05, 3.63) is 42.2 Å². The van der Waals surface area contributed by atoms with Crippen molar-refractivity contribution in [3.8, 4) is 0 Å². The van der Waals surface area contributed by atoms with E-state index in [1.165, 1.54) is 7.11 Å². The molecule has 2 aromatic rings. The number of hydrogen-bond acceptors (Lipinski definition) is 4. The molecule has 5 nitrogen and oxygen atoms in total. The van der Waals surface area contributed by atoms with Crippen molar-refractivity contribution in [3.63, 3.8) is 0 Å². The number of rotatable bonds is 2. The summed E-state index contributed by atoms with van der Waals surface area (Å²) >= 11 is 0. The van der Waals surface area contributed by atoms with Gasteiger partial charge < -0.3 is 9.64 Å². The van der Waals surface area contributed by atoms with Gasteiger partial charge in [0.25, 0.3) is 5.91 Å². The van der Waals surface area contributed by atoms with Crippen molar-refractivity contribution >= 4 is 22.6 Å². The molecule has 130 valence electrons. The second-order valence-electron chi connectivity index (χ2n) is 7.97. The number of amides is 1. The van der Waals surface area contributed by atoms with Gasteiger partial charge in [-0.2, -0.15) is 0 Å². The molecule has 2 fully saturated rings. The highest BCUT2D eigenvalue weighted by atomic mass is 16.5. The summed E-state index contributed by atoms with van der Waals surface area (Å²) in [5, 5.41) is 2.00. The first-order valence-corrected chi connectivity index (χ1v) is 8.60. The van der Waals surface area contributed by atoms with Gasteiger partial charge in [-0.1, -0.05) is 38.1 Å². The zero-order valence-corrected chi connectivity index (χ0v) is 14.8. The highest BCUT2D eigenvalue weighted by Gasteiger charge is 2.68. The molecule has 5 heteroatoms. The van der Waals surface area contributed by atoms with Crippen LogP contribution >= 0.6 is 0 Å². The molecule has 25 heavy (non-hydrogen) atoms. The lowest BCUT2D eigenvalue weighted by Crippen LogP contribution is -2.57. The number of nitrogens with zero attached hydrogens (tertiary/aromatic N) is 2. The van der Waals surface area contributed by atoms with Crippen molar-refractivity contribution in [1.82, 2.24) is 9.88 Å². The lowest BCUT2D eigenvalue weighted by molar-refractivity contribution is -0.174. The summed E-state index contributed by atoms with van der Waals surface area (Å²) < 4.78 is 5.05. The minimum absolute atomic E-state index is 0.0417. The Balaban J connectivity index is 1.63. The number of benzene rings is 1. The van der Waals surface area contributed by atoms with E-state index in [-0.39, 0.29) is 23.2 Å². The molecule has 4 rings (SSSR count). The molecule has 2 heterocycles. The Morgan fingerprint density at radius 3 is 2.64 bits per heavy atom. The normalized spacial score (nSPS) is 26.8. The average Bonchev–Trinajstić information content (AvgIpc) is 2.96. The summed E-state index contributed by atoms with van der Waals surface area (Å²) in [7, 11) is 1.43. The molecular weight excluding hydrogens is 316 g/mol. The standard InChI is InChI=1S/C20H22N2O3/c1-19(2)11-20(18(24)25-3)12-22(10-16(19)20)17(23)15-8-13-6-4-5-7-14(13)9-21-15/h4-9,16H,10-12H2,1-3H3/t16-,20+/m1/s1. The van der Waals surface area contributed by atoms with Crippen LogP contribution in [0.1, 0.15) is 30.8 Å². The van der Waals surface area contributed by atoms with E-state index in [9.17, 15) is 9.59 Å². The van der Waals surface area contributed by atoms with Gasteiger partial charge in [-0.3, -0.25) is 14.6 Å². The monoisotopic (exact) mass is 338 g/mol. The first kappa shape index (κ1) is 16.1. The van der Waals surface area contributed by atoms with Gasteiger partial charge >= 0.3 is 5.97 Å². The third kappa shape index (κ3) is 2.25. The highest BCUT2D eigenvalue weighted by molar-refractivity contribution is 5.97. The number of esters is 1. The fraction of sp³-hybridized carbons (Fsp3) is 0.450. The van der Waals surface area contributed by atoms with E-state index < -0.39 is 5.41 Å². The quantitative estimate of drug-likeness (QED) is 0.790. The van der Waals surface area contributed by atoms with Crippen LogP contribution in [0, 0.1) is 16.7 Å². The van der Waals surface area contributed by atoms with Gasteiger partial charge in [0.05, 0.1) is 12.5 Å². The van der Waals surface area contributed by atoms with E-state index >= 15 is 0 Å². The molecule has 1 saturated heterocycles. The van der Waals surface area contributed by atoms with Crippen LogP contribution in [-0.2, 0) is 9.53 Å². The van der Waals surface area contributed by atoms with Crippen molar-refractivity contribution in [2.45, 2.75) is 20.3 Å². The molecule has 1 aliphatic heterocycles. The molecule has 0 spiro atoms. The molecule has 0 bridgehead atoms. The first-order valence-electron chi connectivity index (χ1n) is 8.60. The van der Waals surface area contributed by atoms with Crippen LogP contribution in [0.25, 0.3) is 10.8 Å². The first-order chi connectivity index (χ1) is 11.9. The maximum absolute atomic E-state index is 13.0. The van der Waals surface area contributed by atoms with E-state index in [0.29, 0.717) is 18.8 Å². The second kappa shape index (κ2) is 5.28. The van der Waals surface area contributed by atoms with Crippen molar-refractivity contribution < 1.29 is 14.3 Å². The van der Waals surface area contributed by atoms with Gasteiger partial charge in [0, 0.05) is 24.7 Å². The fourth-order valence-electron chi connectivity index (χ4n) is 4.89. The number of likely N-dealkylation sites (tertiary alicyclic amines) is 1. The molecule has 1 aliphatic carbocycles. The van der Waals surface area contributed by atoms with E-state index in [4.69, 9.17) is 4.74 Å². The predicted octanol–water partition coefficient (Wildman–Crippen LogP) is 2.90. The van der Waals surface area contributed by atoms with Crippen LogP contribution in [0.4, 0.5) is 0 Å². The molecule has 1 saturated carbocycles. The Hall–Kier alpha value is -2.43. The van der Waals surface area contributed by atoms with E-state index in [0.717, 1.165) is 17.2 Å². The summed E-state index contributed by atoms with van der Waals surface area (Å²) in [6, 6.07) is 9.67.